The van der Waals surface area contributed by atoms with E-state index in [0.29, 0.717) is 0 Å². The molecule has 0 saturated carbocycles. The molecule has 0 radical (unpaired) electrons. The second-order valence-electron chi connectivity index (χ2n) is 6.28. The normalized spacial score (nSPS) is 26.2. The van der Waals surface area contributed by atoms with Crippen LogP contribution in [0.15, 0.2) is 6.20 Å². The van der Waals surface area contributed by atoms with Crippen molar-refractivity contribution < 1.29 is 0 Å². The molecular weight excluding hydrogens is 224 g/mol. The maximum Gasteiger partial charge on any atom is 0.225 e. The fourth-order valence-corrected chi connectivity index (χ4v) is 3.08. The number of anilines is 1. The summed E-state index contributed by atoms with van der Waals surface area (Å²) >= 11 is 0. The summed E-state index contributed by atoms with van der Waals surface area (Å²) in [7, 11) is 0. The minimum atomic E-state index is 0.199. The van der Waals surface area contributed by atoms with Crippen molar-refractivity contribution in [3.63, 3.8) is 0 Å². The van der Waals surface area contributed by atoms with Crippen molar-refractivity contribution in [1.82, 2.24) is 9.97 Å². The van der Waals surface area contributed by atoms with Gasteiger partial charge in [-0.15, -0.1) is 0 Å². The largest absolute Gasteiger partial charge is 0.339 e. The van der Waals surface area contributed by atoms with Crippen LogP contribution in [0.4, 0.5) is 5.95 Å². The molecule has 1 aromatic rings. The summed E-state index contributed by atoms with van der Waals surface area (Å²) in [6.45, 7) is 6.47. The second-order valence-corrected chi connectivity index (χ2v) is 6.28. The lowest BCUT2D eigenvalue weighted by Gasteiger charge is -2.31. The minimum absolute atomic E-state index is 0.199. The lowest BCUT2D eigenvalue weighted by molar-refractivity contribution is 0.491. The number of rotatable bonds is 1. The van der Waals surface area contributed by atoms with Gasteiger partial charge in [-0.05, 0) is 31.2 Å². The Kier molecular flexibility index (Phi) is 2.77. The number of nitrogens with zero attached hydrogens (tertiary/aromatic N) is 3. The van der Waals surface area contributed by atoms with Crippen LogP contribution in [0.3, 0.4) is 0 Å². The Morgan fingerprint density at radius 1 is 1.44 bits per heavy atom. The first-order valence-electron chi connectivity index (χ1n) is 6.93. The average Bonchev–Trinajstić information content (AvgIpc) is 2.65. The highest BCUT2D eigenvalue weighted by molar-refractivity contribution is 5.39. The Bertz CT molecular complexity index is 455. The van der Waals surface area contributed by atoms with Gasteiger partial charge in [0.2, 0.25) is 5.95 Å². The maximum atomic E-state index is 6.03. The lowest BCUT2D eigenvalue weighted by atomic mass is 9.91. The van der Waals surface area contributed by atoms with E-state index >= 15 is 0 Å². The number of hydrogen-bond donors (Lipinski definition) is 1. The summed E-state index contributed by atoms with van der Waals surface area (Å²) in [6, 6.07) is 0.267. The van der Waals surface area contributed by atoms with Gasteiger partial charge in [0.15, 0.2) is 0 Å². The molecule has 4 nitrogen and oxygen atoms in total. The molecule has 0 amide bonds. The highest BCUT2D eigenvalue weighted by Gasteiger charge is 2.32. The van der Waals surface area contributed by atoms with Gasteiger partial charge in [0, 0.05) is 30.7 Å². The molecule has 1 saturated heterocycles. The zero-order valence-corrected chi connectivity index (χ0v) is 11.3. The molecule has 1 atom stereocenters. The zero-order chi connectivity index (χ0) is 12.8. The van der Waals surface area contributed by atoms with Gasteiger partial charge in [-0.3, -0.25) is 0 Å². The zero-order valence-electron chi connectivity index (χ0n) is 11.3. The molecule has 0 bridgehead atoms. The Morgan fingerprint density at radius 2 is 2.28 bits per heavy atom. The average molecular weight is 246 g/mol. The molecule has 2 N–H and O–H groups in total. The maximum absolute atomic E-state index is 6.03. The summed E-state index contributed by atoms with van der Waals surface area (Å²) in [6.07, 6.45) is 6.58. The first-order chi connectivity index (χ1) is 8.56. The summed E-state index contributed by atoms with van der Waals surface area (Å²) in [5, 5.41) is 0. The third-order valence-electron chi connectivity index (χ3n) is 4.25. The van der Waals surface area contributed by atoms with E-state index in [1.54, 1.807) is 0 Å². The molecule has 98 valence electrons. The molecule has 2 heterocycles. The van der Waals surface area contributed by atoms with Crippen LogP contribution in [-0.4, -0.2) is 29.1 Å². The van der Waals surface area contributed by atoms with E-state index in [9.17, 15) is 0 Å². The summed E-state index contributed by atoms with van der Waals surface area (Å²) in [5.41, 5.74) is 8.80. The van der Waals surface area contributed by atoms with Gasteiger partial charge >= 0.3 is 0 Å². The van der Waals surface area contributed by atoms with Gasteiger partial charge in [0.1, 0.15) is 0 Å². The fourth-order valence-electron chi connectivity index (χ4n) is 3.08. The molecule has 2 aliphatic rings. The Balaban J connectivity index is 1.90. The van der Waals surface area contributed by atoms with E-state index in [-0.39, 0.29) is 11.5 Å². The van der Waals surface area contributed by atoms with Gasteiger partial charge in [-0.25, -0.2) is 9.97 Å². The highest BCUT2D eigenvalue weighted by atomic mass is 15.3. The molecule has 1 fully saturated rings. The van der Waals surface area contributed by atoms with E-state index in [0.717, 1.165) is 38.3 Å². The number of aromatic nitrogens is 2. The Morgan fingerprint density at radius 3 is 3.06 bits per heavy atom. The third kappa shape index (κ3) is 1.99. The number of aryl methyl sites for hydroxylation is 1. The number of nitrogens with two attached hydrogens (primary N) is 1. The van der Waals surface area contributed by atoms with Crippen LogP contribution < -0.4 is 10.6 Å². The van der Waals surface area contributed by atoms with Crippen molar-refractivity contribution >= 4 is 5.95 Å². The van der Waals surface area contributed by atoms with Gasteiger partial charge in [0.25, 0.3) is 0 Å². The predicted octanol–water partition coefficient (Wildman–Crippen LogP) is 1.63. The van der Waals surface area contributed by atoms with Crippen LogP contribution >= 0.6 is 0 Å². The highest BCUT2D eigenvalue weighted by Crippen LogP contribution is 2.37. The minimum Gasteiger partial charge on any atom is -0.339 e. The van der Waals surface area contributed by atoms with Gasteiger partial charge in [-0.2, -0.15) is 0 Å². The van der Waals surface area contributed by atoms with E-state index in [1.165, 1.54) is 17.7 Å². The van der Waals surface area contributed by atoms with Crippen LogP contribution in [0.2, 0.25) is 0 Å². The topological polar surface area (TPSA) is 55.0 Å². The van der Waals surface area contributed by atoms with Crippen LogP contribution in [0, 0.1) is 0 Å². The second kappa shape index (κ2) is 4.19. The fraction of sp³-hybridized carbons (Fsp3) is 0.714. The lowest BCUT2D eigenvalue weighted by Crippen LogP contribution is -2.43. The monoisotopic (exact) mass is 246 g/mol. The molecule has 1 aliphatic heterocycles. The predicted molar refractivity (Wildman–Crippen MR) is 72.8 cm³/mol. The quantitative estimate of drug-likeness (QED) is 0.818. The van der Waals surface area contributed by atoms with Crippen LogP contribution in [0.1, 0.15) is 44.4 Å². The molecule has 4 heteroatoms. The molecule has 18 heavy (non-hydrogen) atoms. The molecular formula is C14H22N4. The van der Waals surface area contributed by atoms with Crippen molar-refractivity contribution in [2.24, 2.45) is 5.73 Å². The third-order valence-corrected chi connectivity index (χ3v) is 4.25. The summed E-state index contributed by atoms with van der Waals surface area (Å²) in [4.78, 5) is 11.6. The molecule has 0 spiro atoms. The van der Waals surface area contributed by atoms with E-state index in [4.69, 9.17) is 10.7 Å². The smallest absolute Gasteiger partial charge is 0.225 e. The van der Waals surface area contributed by atoms with Crippen molar-refractivity contribution in [2.75, 3.05) is 18.0 Å². The Labute approximate surface area is 109 Å². The van der Waals surface area contributed by atoms with Crippen LogP contribution in [-0.2, 0) is 11.8 Å². The SMILES string of the molecule is CC1(C)CCc2cnc(N3CCCC(N)C3)nc21. The van der Waals surface area contributed by atoms with Crippen LogP contribution in [0.5, 0.6) is 0 Å². The van der Waals surface area contributed by atoms with E-state index in [1.807, 2.05) is 6.20 Å². The molecule has 3 rings (SSSR count). The molecule has 1 aromatic heterocycles. The van der Waals surface area contributed by atoms with E-state index in [2.05, 4.69) is 23.7 Å². The molecule has 0 aromatic carbocycles. The summed E-state index contributed by atoms with van der Waals surface area (Å²) < 4.78 is 0. The van der Waals surface area contributed by atoms with Crippen molar-refractivity contribution in [1.29, 1.82) is 0 Å². The molecule has 1 unspecified atom stereocenters. The number of piperidine rings is 1. The van der Waals surface area contributed by atoms with E-state index < -0.39 is 0 Å². The van der Waals surface area contributed by atoms with Crippen molar-refractivity contribution in [3.8, 4) is 0 Å². The van der Waals surface area contributed by atoms with Gasteiger partial charge in [0.05, 0.1) is 5.69 Å². The summed E-state index contributed by atoms with van der Waals surface area (Å²) in [5.74, 6) is 0.874. The van der Waals surface area contributed by atoms with Gasteiger partial charge < -0.3 is 10.6 Å². The number of fused-ring (bicyclic) bond motifs is 1. The number of hydrogen-bond acceptors (Lipinski definition) is 4. The van der Waals surface area contributed by atoms with Crippen LogP contribution in [0.25, 0.3) is 0 Å². The molecule has 1 aliphatic carbocycles. The van der Waals surface area contributed by atoms with Gasteiger partial charge in [-0.1, -0.05) is 13.8 Å². The van der Waals surface area contributed by atoms with Crippen molar-refractivity contribution in [2.45, 2.75) is 51.0 Å². The standard InChI is InChI=1S/C14H22N4/c1-14(2)6-5-10-8-16-13(17-12(10)14)18-7-3-4-11(15)9-18/h8,11H,3-7,9,15H2,1-2H3. The Hall–Kier alpha value is -1.16. The first kappa shape index (κ1) is 11.9. The first-order valence-corrected chi connectivity index (χ1v) is 6.93. The van der Waals surface area contributed by atoms with Crippen molar-refractivity contribution in [3.05, 3.63) is 17.5 Å².